The van der Waals surface area contributed by atoms with Gasteiger partial charge in [0.05, 0.1) is 18.4 Å². The van der Waals surface area contributed by atoms with Crippen LogP contribution in [0.15, 0.2) is 58.2 Å². The molecule has 0 radical (unpaired) electrons. The van der Waals surface area contributed by atoms with Crippen LogP contribution in [0.2, 0.25) is 10.0 Å². The molecule has 32 heavy (non-hydrogen) atoms. The van der Waals surface area contributed by atoms with Crippen molar-refractivity contribution in [1.29, 1.82) is 0 Å². The first-order valence-electron chi connectivity index (χ1n) is 10.2. The normalized spacial score (nSPS) is 16.0. The van der Waals surface area contributed by atoms with Gasteiger partial charge in [0.1, 0.15) is 0 Å². The lowest BCUT2D eigenvalue weighted by Gasteiger charge is -2.14. The van der Waals surface area contributed by atoms with Crippen LogP contribution in [-0.2, 0) is 17.0 Å². The number of nitrogens with zero attached hydrogens (tertiary/aromatic N) is 5. The molecule has 7 nitrogen and oxygen atoms in total. The topological polar surface area (TPSA) is 78.9 Å². The third kappa shape index (κ3) is 4.83. The van der Waals surface area contributed by atoms with E-state index in [0.717, 1.165) is 41.6 Å². The Hall–Kier alpha value is -2.39. The molecule has 1 aliphatic rings. The molecule has 3 heterocycles. The highest BCUT2D eigenvalue weighted by atomic mass is 35.5. The fourth-order valence-electron chi connectivity index (χ4n) is 3.52. The number of aromatic nitrogens is 5. The van der Waals surface area contributed by atoms with Crippen molar-refractivity contribution < 1.29 is 9.26 Å². The second kappa shape index (κ2) is 9.62. The minimum atomic E-state index is 0.149. The summed E-state index contributed by atoms with van der Waals surface area (Å²) in [6, 6.07) is 14.9. The van der Waals surface area contributed by atoms with Gasteiger partial charge in [-0.05, 0) is 61.4 Å². The molecular weight excluding hydrogens is 469 g/mol. The van der Waals surface area contributed by atoms with Crippen molar-refractivity contribution in [2.75, 3.05) is 6.61 Å². The maximum Gasteiger partial charge on any atom is 0.237 e. The van der Waals surface area contributed by atoms with Gasteiger partial charge in [0.25, 0.3) is 0 Å². The number of ether oxygens (including phenoxy) is 1. The lowest BCUT2D eigenvalue weighted by atomic mass is 10.2. The lowest BCUT2D eigenvalue weighted by molar-refractivity contribution is 0.0953. The Morgan fingerprint density at radius 2 is 1.69 bits per heavy atom. The minimum absolute atomic E-state index is 0.149. The summed E-state index contributed by atoms with van der Waals surface area (Å²) in [4.78, 5) is 4.49. The molecule has 0 unspecified atom stereocenters. The highest BCUT2D eigenvalue weighted by Gasteiger charge is 2.22. The largest absolute Gasteiger partial charge is 0.376 e. The van der Waals surface area contributed by atoms with Crippen molar-refractivity contribution in [3.63, 3.8) is 0 Å². The third-order valence-corrected chi connectivity index (χ3v) is 6.58. The van der Waals surface area contributed by atoms with Crippen LogP contribution in [0, 0.1) is 0 Å². The van der Waals surface area contributed by atoms with E-state index in [1.54, 1.807) is 12.1 Å². The number of hydrogen-bond donors (Lipinski definition) is 0. The lowest BCUT2D eigenvalue weighted by Crippen LogP contribution is -2.16. The molecule has 1 aliphatic heterocycles. The average molecular weight is 488 g/mol. The van der Waals surface area contributed by atoms with Gasteiger partial charge in [-0.15, -0.1) is 10.2 Å². The molecular formula is C22H19Cl2N5O2S. The van der Waals surface area contributed by atoms with E-state index in [4.69, 9.17) is 32.5 Å². The van der Waals surface area contributed by atoms with Crippen molar-refractivity contribution in [3.8, 4) is 22.8 Å². The number of thioether (sulfide) groups is 1. The Bertz CT molecular complexity index is 1190. The summed E-state index contributed by atoms with van der Waals surface area (Å²) in [5.41, 5.74) is 1.80. The van der Waals surface area contributed by atoms with E-state index in [2.05, 4.69) is 24.9 Å². The maximum absolute atomic E-state index is 6.06. The summed E-state index contributed by atoms with van der Waals surface area (Å²) in [5, 5.41) is 15.1. The van der Waals surface area contributed by atoms with Gasteiger partial charge in [0.2, 0.25) is 11.7 Å². The average Bonchev–Trinajstić information content (AvgIpc) is 3.56. The van der Waals surface area contributed by atoms with Crippen LogP contribution in [0.3, 0.4) is 0 Å². The van der Waals surface area contributed by atoms with Gasteiger partial charge in [0, 0.05) is 27.8 Å². The van der Waals surface area contributed by atoms with Gasteiger partial charge >= 0.3 is 0 Å². The SMILES string of the molecule is Clc1ccc(-c2noc(CSc3nnc(-c4ccc(Cl)cc4)n3C[C@H]3CCCO3)n2)cc1. The third-order valence-electron chi connectivity index (χ3n) is 5.12. The molecule has 0 aliphatic carbocycles. The number of rotatable bonds is 7. The second-order valence-corrected chi connectivity index (χ2v) is 9.18. The van der Waals surface area contributed by atoms with Gasteiger partial charge in [-0.3, -0.25) is 4.57 Å². The fourth-order valence-corrected chi connectivity index (χ4v) is 4.56. The molecule has 2 aromatic carbocycles. The quantitative estimate of drug-likeness (QED) is 0.306. The number of hydrogen-bond acceptors (Lipinski definition) is 7. The molecule has 0 N–H and O–H groups in total. The highest BCUT2D eigenvalue weighted by molar-refractivity contribution is 7.98. The van der Waals surface area contributed by atoms with Gasteiger partial charge in [-0.1, -0.05) is 40.1 Å². The van der Waals surface area contributed by atoms with Crippen LogP contribution in [0.5, 0.6) is 0 Å². The standard InChI is InChI=1S/C22H19Cl2N5O2S/c23-16-7-3-14(4-8-16)20-25-19(31-28-20)13-32-22-27-26-21(15-5-9-17(24)10-6-15)29(22)12-18-2-1-11-30-18/h3-10,18H,1-2,11-13H2/t18-/m1/s1. The zero-order valence-electron chi connectivity index (χ0n) is 16.9. The predicted octanol–water partition coefficient (Wildman–Crippen LogP) is 5.77. The van der Waals surface area contributed by atoms with E-state index in [9.17, 15) is 0 Å². The molecule has 164 valence electrons. The molecule has 10 heteroatoms. The van der Waals surface area contributed by atoms with E-state index >= 15 is 0 Å². The van der Waals surface area contributed by atoms with Gasteiger partial charge in [-0.2, -0.15) is 4.98 Å². The van der Waals surface area contributed by atoms with Crippen LogP contribution >= 0.6 is 35.0 Å². The van der Waals surface area contributed by atoms with E-state index in [1.165, 1.54) is 11.8 Å². The Balaban J connectivity index is 1.36. The van der Waals surface area contributed by atoms with Crippen LogP contribution in [0.25, 0.3) is 22.8 Å². The number of benzene rings is 2. The van der Waals surface area contributed by atoms with Gasteiger partial charge in [0.15, 0.2) is 11.0 Å². The maximum atomic E-state index is 6.06. The van der Waals surface area contributed by atoms with Crippen molar-refractivity contribution in [1.82, 2.24) is 24.9 Å². The molecule has 0 bridgehead atoms. The molecule has 0 saturated carbocycles. The van der Waals surface area contributed by atoms with E-state index in [0.29, 0.717) is 34.1 Å². The molecule has 5 rings (SSSR count). The Morgan fingerprint density at radius 1 is 0.969 bits per heavy atom. The van der Waals surface area contributed by atoms with E-state index < -0.39 is 0 Å². The fraction of sp³-hybridized carbons (Fsp3) is 0.273. The summed E-state index contributed by atoms with van der Waals surface area (Å²) in [6.07, 6.45) is 2.24. The summed E-state index contributed by atoms with van der Waals surface area (Å²) in [7, 11) is 0. The van der Waals surface area contributed by atoms with Crippen LogP contribution < -0.4 is 0 Å². The van der Waals surface area contributed by atoms with Crippen molar-refractivity contribution >= 4 is 35.0 Å². The zero-order chi connectivity index (χ0) is 21.9. The number of halogens is 2. The molecule has 0 amide bonds. The van der Waals surface area contributed by atoms with Crippen molar-refractivity contribution in [3.05, 3.63) is 64.5 Å². The minimum Gasteiger partial charge on any atom is -0.376 e. The Kier molecular flexibility index (Phi) is 6.45. The summed E-state index contributed by atoms with van der Waals surface area (Å²) >= 11 is 13.5. The van der Waals surface area contributed by atoms with E-state index in [-0.39, 0.29) is 6.10 Å². The van der Waals surface area contributed by atoms with Crippen molar-refractivity contribution in [2.24, 2.45) is 0 Å². The molecule has 1 atom stereocenters. The van der Waals surface area contributed by atoms with E-state index in [1.807, 2.05) is 36.4 Å². The zero-order valence-corrected chi connectivity index (χ0v) is 19.3. The summed E-state index contributed by atoms with van der Waals surface area (Å²) in [6.45, 7) is 1.48. The van der Waals surface area contributed by atoms with Crippen molar-refractivity contribution in [2.45, 2.75) is 36.4 Å². The Morgan fingerprint density at radius 3 is 2.38 bits per heavy atom. The molecule has 1 fully saturated rings. The van der Waals surface area contributed by atoms with Crippen LogP contribution in [0.1, 0.15) is 18.7 Å². The first kappa shape index (κ1) is 21.5. The Labute approximate surface area is 199 Å². The molecule has 0 spiro atoms. The molecule has 4 aromatic rings. The van der Waals surface area contributed by atoms with Crippen LogP contribution in [-0.4, -0.2) is 37.6 Å². The first-order valence-corrected chi connectivity index (χ1v) is 11.9. The van der Waals surface area contributed by atoms with Crippen LogP contribution in [0.4, 0.5) is 0 Å². The van der Waals surface area contributed by atoms with Gasteiger partial charge < -0.3 is 9.26 Å². The monoisotopic (exact) mass is 487 g/mol. The highest BCUT2D eigenvalue weighted by Crippen LogP contribution is 2.29. The summed E-state index contributed by atoms with van der Waals surface area (Å²) < 4.78 is 13.4. The smallest absolute Gasteiger partial charge is 0.237 e. The first-order chi connectivity index (χ1) is 15.7. The summed E-state index contributed by atoms with van der Waals surface area (Å²) in [5.74, 6) is 2.30. The predicted molar refractivity (Wildman–Crippen MR) is 124 cm³/mol. The molecule has 1 saturated heterocycles. The molecule has 2 aromatic heterocycles. The second-order valence-electron chi connectivity index (χ2n) is 7.37. The van der Waals surface area contributed by atoms with Gasteiger partial charge in [-0.25, -0.2) is 0 Å².